The summed E-state index contributed by atoms with van der Waals surface area (Å²) in [6, 6.07) is 8.75. The first-order valence-corrected chi connectivity index (χ1v) is 9.29. The van der Waals surface area contributed by atoms with Gasteiger partial charge in [0, 0.05) is 19.2 Å². The lowest BCUT2D eigenvalue weighted by Gasteiger charge is -2.19. The van der Waals surface area contributed by atoms with Gasteiger partial charge >= 0.3 is 5.97 Å². The molecule has 1 atom stereocenters. The highest BCUT2D eigenvalue weighted by Gasteiger charge is 2.20. The predicted octanol–water partition coefficient (Wildman–Crippen LogP) is 1.55. The smallest absolute Gasteiger partial charge is 0.308 e. The van der Waals surface area contributed by atoms with Crippen LogP contribution in [0.2, 0.25) is 0 Å². The molecule has 0 saturated carbocycles. The van der Waals surface area contributed by atoms with Crippen molar-refractivity contribution in [3.05, 3.63) is 54.0 Å². The van der Waals surface area contributed by atoms with Crippen LogP contribution in [0.25, 0.3) is 0 Å². The zero-order valence-electron chi connectivity index (χ0n) is 14.4. The summed E-state index contributed by atoms with van der Waals surface area (Å²) in [6.45, 7) is 1.58. The van der Waals surface area contributed by atoms with Crippen LogP contribution in [0.4, 0.5) is 0 Å². The van der Waals surface area contributed by atoms with Crippen LogP contribution in [0.15, 0.2) is 52.0 Å². The third-order valence-corrected chi connectivity index (χ3v) is 5.16. The van der Waals surface area contributed by atoms with Gasteiger partial charge in [0.15, 0.2) is 0 Å². The Labute approximate surface area is 151 Å². The number of aliphatic carboxylic acids is 1. The molecular weight excluding hydrogens is 360 g/mol. The van der Waals surface area contributed by atoms with E-state index in [4.69, 9.17) is 9.52 Å². The lowest BCUT2D eigenvalue weighted by molar-refractivity contribution is -0.141. The number of carbonyl (C=O) groups is 2. The van der Waals surface area contributed by atoms with Crippen molar-refractivity contribution in [3.8, 4) is 0 Å². The maximum atomic E-state index is 12.3. The average Bonchev–Trinajstić information content (AvgIpc) is 3.13. The Hall–Kier alpha value is -2.65. The fourth-order valence-corrected chi connectivity index (χ4v) is 3.22. The van der Waals surface area contributed by atoms with Gasteiger partial charge in [-0.3, -0.25) is 9.59 Å². The van der Waals surface area contributed by atoms with Crippen LogP contribution in [0, 0.1) is 5.92 Å². The zero-order valence-corrected chi connectivity index (χ0v) is 15.2. The van der Waals surface area contributed by atoms with E-state index in [-0.39, 0.29) is 29.5 Å². The molecule has 0 aliphatic rings. The number of nitrogens with zero attached hydrogens (tertiary/aromatic N) is 1. The summed E-state index contributed by atoms with van der Waals surface area (Å²) in [5, 5.41) is 8.91. The fraction of sp³-hybridized carbons (Fsp3) is 0.294. The molecule has 0 saturated heterocycles. The molecular formula is C17H20N2O6S. The van der Waals surface area contributed by atoms with Crippen LogP contribution in [0.1, 0.15) is 23.0 Å². The monoisotopic (exact) mass is 380 g/mol. The maximum absolute atomic E-state index is 12.3. The SMILES string of the molecule is CC(CN(C)C(=O)c1ccc(S(=O)(=O)NCc2ccco2)cc1)C(=O)O. The summed E-state index contributed by atoms with van der Waals surface area (Å²) >= 11 is 0. The van der Waals surface area contributed by atoms with Crippen molar-refractivity contribution in [3.63, 3.8) is 0 Å². The number of hydrogen-bond acceptors (Lipinski definition) is 5. The van der Waals surface area contributed by atoms with Crippen molar-refractivity contribution in [2.24, 2.45) is 5.92 Å². The summed E-state index contributed by atoms with van der Waals surface area (Å²) in [5.74, 6) is -1.59. The Morgan fingerprint density at radius 1 is 1.23 bits per heavy atom. The summed E-state index contributed by atoms with van der Waals surface area (Å²) in [7, 11) is -2.24. The Balaban J connectivity index is 2.04. The van der Waals surface area contributed by atoms with E-state index in [1.165, 1.54) is 49.4 Å². The molecule has 8 nitrogen and oxygen atoms in total. The molecule has 0 aliphatic carbocycles. The first kappa shape index (κ1) is 19.7. The quantitative estimate of drug-likeness (QED) is 0.718. The van der Waals surface area contributed by atoms with E-state index in [1.807, 2.05) is 0 Å². The normalized spacial score (nSPS) is 12.5. The lowest BCUT2D eigenvalue weighted by Crippen LogP contribution is -2.33. The van der Waals surface area contributed by atoms with Crippen molar-refractivity contribution >= 4 is 21.9 Å². The fourth-order valence-electron chi connectivity index (χ4n) is 2.23. The van der Waals surface area contributed by atoms with Crippen LogP contribution in [0.3, 0.4) is 0 Å². The van der Waals surface area contributed by atoms with E-state index in [9.17, 15) is 18.0 Å². The van der Waals surface area contributed by atoms with Crippen LogP contribution in [-0.2, 0) is 21.4 Å². The molecule has 0 spiro atoms. The highest BCUT2D eigenvalue weighted by atomic mass is 32.2. The number of amides is 1. The highest BCUT2D eigenvalue weighted by molar-refractivity contribution is 7.89. The standard InChI is InChI=1S/C17H20N2O6S/c1-12(17(21)22)11-19(2)16(20)13-5-7-15(8-6-13)26(23,24)18-10-14-4-3-9-25-14/h3-9,12,18H,10-11H2,1-2H3,(H,21,22). The number of rotatable bonds is 8. The van der Waals surface area contributed by atoms with E-state index in [2.05, 4.69) is 4.72 Å². The maximum Gasteiger partial charge on any atom is 0.308 e. The average molecular weight is 380 g/mol. The van der Waals surface area contributed by atoms with Crippen molar-refractivity contribution in [1.82, 2.24) is 9.62 Å². The Bertz CT molecular complexity index is 859. The number of carboxylic acids is 1. The molecule has 2 N–H and O–H groups in total. The molecule has 0 radical (unpaired) electrons. The molecule has 0 fully saturated rings. The topological polar surface area (TPSA) is 117 Å². The number of benzene rings is 1. The number of carbonyl (C=O) groups excluding carboxylic acids is 1. The number of hydrogen-bond donors (Lipinski definition) is 2. The van der Waals surface area contributed by atoms with E-state index in [0.717, 1.165) is 0 Å². The van der Waals surface area contributed by atoms with Gasteiger partial charge in [0.2, 0.25) is 10.0 Å². The summed E-state index contributed by atoms with van der Waals surface area (Å²) in [6.07, 6.45) is 1.45. The molecule has 1 aromatic heterocycles. The van der Waals surface area contributed by atoms with Gasteiger partial charge in [-0.05, 0) is 36.4 Å². The van der Waals surface area contributed by atoms with Crippen LogP contribution in [0.5, 0.6) is 0 Å². The number of furan rings is 1. The molecule has 26 heavy (non-hydrogen) atoms. The molecule has 1 aromatic carbocycles. The molecule has 0 aliphatic heterocycles. The highest BCUT2D eigenvalue weighted by Crippen LogP contribution is 2.13. The van der Waals surface area contributed by atoms with Crippen molar-refractivity contribution in [2.45, 2.75) is 18.4 Å². The molecule has 1 amide bonds. The van der Waals surface area contributed by atoms with Crippen LogP contribution in [-0.4, -0.2) is 43.9 Å². The second kappa shape index (κ2) is 8.15. The Morgan fingerprint density at radius 2 is 1.88 bits per heavy atom. The first-order valence-electron chi connectivity index (χ1n) is 7.81. The molecule has 1 heterocycles. The van der Waals surface area contributed by atoms with Gasteiger partial charge in [-0.2, -0.15) is 0 Å². The third-order valence-electron chi connectivity index (χ3n) is 3.74. The van der Waals surface area contributed by atoms with Gasteiger partial charge in [-0.1, -0.05) is 6.92 Å². The van der Waals surface area contributed by atoms with E-state index in [0.29, 0.717) is 5.76 Å². The molecule has 2 aromatic rings. The second-order valence-electron chi connectivity index (χ2n) is 5.85. The minimum atomic E-state index is -3.74. The Morgan fingerprint density at radius 3 is 2.42 bits per heavy atom. The number of nitrogens with one attached hydrogen (secondary N) is 1. The number of sulfonamides is 1. The van der Waals surface area contributed by atoms with Gasteiger partial charge in [0.1, 0.15) is 5.76 Å². The second-order valence-corrected chi connectivity index (χ2v) is 7.62. The summed E-state index contributed by atoms with van der Waals surface area (Å²) in [4.78, 5) is 24.5. The predicted molar refractivity (Wildman–Crippen MR) is 92.9 cm³/mol. The molecule has 2 rings (SSSR count). The molecule has 0 bridgehead atoms. The van der Waals surface area contributed by atoms with Gasteiger partial charge < -0.3 is 14.4 Å². The van der Waals surface area contributed by atoms with E-state index in [1.54, 1.807) is 12.1 Å². The van der Waals surface area contributed by atoms with Gasteiger partial charge in [-0.15, -0.1) is 0 Å². The van der Waals surface area contributed by atoms with Gasteiger partial charge in [-0.25, -0.2) is 13.1 Å². The van der Waals surface area contributed by atoms with Crippen molar-refractivity contribution < 1.29 is 27.5 Å². The minimum Gasteiger partial charge on any atom is -0.481 e. The van der Waals surface area contributed by atoms with Crippen molar-refractivity contribution in [1.29, 1.82) is 0 Å². The van der Waals surface area contributed by atoms with Crippen LogP contribution >= 0.6 is 0 Å². The van der Waals surface area contributed by atoms with Crippen molar-refractivity contribution in [2.75, 3.05) is 13.6 Å². The molecule has 1 unspecified atom stereocenters. The van der Waals surface area contributed by atoms with Gasteiger partial charge in [0.05, 0.1) is 23.6 Å². The molecule has 9 heteroatoms. The minimum absolute atomic E-state index is 0.0159. The Kier molecular flexibility index (Phi) is 6.17. The van der Waals surface area contributed by atoms with Crippen LogP contribution < -0.4 is 4.72 Å². The summed E-state index contributed by atoms with van der Waals surface area (Å²) < 4.78 is 32.0. The first-order chi connectivity index (χ1) is 12.2. The zero-order chi connectivity index (χ0) is 19.3. The summed E-state index contributed by atoms with van der Waals surface area (Å²) in [5.41, 5.74) is 0.273. The third kappa shape index (κ3) is 4.93. The van der Waals surface area contributed by atoms with E-state index < -0.39 is 21.9 Å². The number of carboxylic acid groups (broad SMARTS) is 1. The lowest BCUT2D eigenvalue weighted by atomic mass is 10.1. The van der Waals surface area contributed by atoms with E-state index >= 15 is 0 Å². The van der Waals surface area contributed by atoms with Gasteiger partial charge in [0.25, 0.3) is 5.91 Å². The molecule has 140 valence electrons. The largest absolute Gasteiger partial charge is 0.481 e.